The van der Waals surface area contributed by atoms with Crippen LogP contribution in [0.4, 0.5) is 14.5 Å². The Morgan fingerprint density at radius 2 is 1.67 bits per heavy atom. The van der Waals surface area contributed by atoms with Crippen molar-refractivity contribution in [1.82, 2.24) is 5.32 Å². The fourth-order valence-corrected chi connectivity index (χ4v) is 1.79. The molecule has 2 N–H and O–H groups in total. The van der Waals surface area contributed by atoms with Crippen molar-refractivity contribution >= 4 is 17.5 Å². The molecule has 0 aromatic heterocycles. The van der Waals surface area contributed by atoms with Gasteiger partial charge in [0.25, 0.3) is 11.8 Å². The number of amides is 2. The van der Waals surface area contributed by atoms with Crippen molar-refractivity contribution in [2.45, 2.75) is 0 Å². The van der Waals surface area contributed by atoms with Gasteiger partial charge in [0.15, 0.2) is 0 Å². The number of anilines is 1. The third kappa shape index (κ3) is 3.22. The summed E-state index contributed by atoms with van der Waals surface area (Å²) >= 11 is 0. The van der Waals surface area contributed by atoms with Gasteiger partial charge in [-0.15, -0.1) is 0 Å². The molecule has 21 heavy (non-hydrogen) atoms. The Morgan fingerprint density at radius 1 is 0.952 bits per heavy atom. The van der Waals surface area contributed by atoms with Crippen LogP contribution < -0.4 is 10.6 Å². The van der Waals surface area contributed by atoms with Gasteiger partial charge in [-0.25, -0.2) is 8.78 Å². The lowest BCUT2D eigenvalue weighted by Crippen LogP contribution is -2.21. The van der Waals surface area contributed by atoms with Crippen LogP contribution in [0, 0.1) is 11.6 Å². The molecule has 2 aromatic carbocycles. The first-order chi connectivity index (χ1) is 10.0. The highest BCUT2D eigenvalue weighted by Gasteiger charge is 2.16. The second kappa shape index (κ2) is 6.13. The molecule has 2 aromatic rings. The van der Waals surface area contributed by atoms with Crippen LogP contribution >= 0.6 is 0 Å². The van der Waals surface area contributed by atoms with E-state index < -0.39 is 17.5 Å². The van der Waals surface area contributed by atoms with Gasteiger partial charge in [-0.1, -0.05) is 12.1 Å². The van der Waals surface area contributed by atoms with Gasteiger partial charge in [-0.3, -0.25) is 9.59 Å². The number of hydrogen-bond donors (Lipinski definition) is 2. The molecular weight excluding hydrogens is 278 g/mol. The molecule has 0 saturated heterocycles. The lowest BCUT2D eigenvalue weighted by atomic mass is 10.1. The lowest BCUT2D eigenvalue weighted by Gasteiger charge is -2.10. The average Bonchev–Trinajstić information content (AvgIpc) is 2.46. The number of para-hydroxylation sites is 1. The van der Waals surface area contributed by atoms with E-state index >= 15 is 0 Å². The van der Waals surface area contributed by atoms with Gasteiger partial charge < -0.3 is 10.6 Å². The number of benzene rings is 2. The monoisotopic (exact) mass is 290 g/mol. The smallest absolute Gasteiger partial charge is 0.258 e. The summed E-state index contributed by atoms with van der Waals surface area (Å²) in [5, 5.41) is 4.88. The number of halogens is 2. The van der Waals surface area contributed by atoms with E-state index in [4.69, 9.17) is 0 Å². The van der Waals surface area contributed by atoms with Crippen LogP contribution in [0.25, 0.3) is 0 Å². The molecule has 0 aliphatic rings. The van der Waals surface area contributed by atoms with Crippen molar-refractivity contribution < 1.29 is 18.4 Å². The SMILES string of the molecule is CNC(=O)c1ccccc1NC(=O)c1ccc(F)cc1F. The fourth-order valence-electron chi connectivity index (χ4n) is 1.79. The molecule has 108 valence electrons. The zero-order valence-corrected chi connectivity index (χ0v) is 11.1. The number of nitrogens with one attached hydrogen (secondary N) is 2. The maximum absolute atomic E-state index is 13.5. The minimum absolute atomic E-state index is 0.241. The van der Waals surface area contributed by atoms with Crippen LogP contribution in [0.15, 0.2) is 42.5 Å². The van der Waals surface area contributed by atoms with Crippen molar-refractivity contribution in [3.63, 3.8) is 0 Å². The van der Waals surface area contributed by atoms with Gasteiger partial charge in [0.1, 0.15) is 11.6 Å². The van der Waals surface area contributed by atoms with Gasteiger partial charge in [0.2, 0.25) is 0 Å². The molecule has 0 spiro atoms. The molecule has 0 unspecified atom stereocenters. The topological polar surface area (TPSA) is 58.2 Å². The van der Waals surface area contributed by atoms with Gasteiger partial charge in [0.05, 0.1) is 16.8 Å². The molecule has 6 heteroatoms. The summed E-state index contributed by atoms with van der Waals surface area (Å²) in [6, 6.07) is 8.96. The van der Waals surface area contributed by atoms with Crippen molar-refractivity contribution in [3.05, 3.63) is 65.2 Å². The van der Waals surface area contributed by atoms with Crippen LogP contribution in [-0.2, 0) is 0 Å². The summed E-state index contributed by atoms with van der Waals surface area (Å²) in [6.45, 7) is 0. The molecule has 0 heterocycles. The van der Waals surface area contributed by atoms with E-state index in [0.29, 0.717) is 6.07 Å². The zero-order chi connectivity index (χ0) is 15.4. The minimum atomic E-state index is -0.968. The summed E-state index contributed by atoms with van der Waals surface area (Å²) in [5.41, 5.74) is 0.185. The Bertz CT molecular complexity index is 702. The number of carbonyl (C=O) groups excluding carboxylic acids is 2. The molecular formula is C15H12F2N2O2. The predicted octanol–water partition coefficient (Wildman–Crippen LogP) is 2.58. The van der Waals surface area contributed by atoms with Crippen molar-refractivity contribution in [2.24, 2.45) is 0 Å². The minimum Gasteiger partial charge on any atom is -0.355 e. The summed E-state index contributed by atoms with van der Waals surface area (Å²) < 4.78 is 26.4. The number of rotatable bonds is 3. The van der Waals surface area contributed by atoms with Crippen LogP contribution in [0.1, 0.15) is 20.7 Å². The van der Waals surface area contributed by atoms with Gasteiger partial charge in [-0.05, 0) is 24.3 Å². The zero-order valence-electron chi connectivity index (χ0n) is 11.1. The Morgan fingerprint density at radius 3 is 2.33 bits per heavy atom. The molecule has 4 nitrogen and oxygen atoms in total. The molecule has 0 fully saturated rings. The van der Waals surface area contributed by atoms with Gasteiger partial charge in [-0.2, -0.15) is 0 Å². The number of hydrogen-bond acceptors (Lipinski definition) is 2. The molecule has 2 rings (SSSR count). The molecule has 0 aliphatic heterocycles. The van der Waals surface area contributed by atoms with Crippen molar-refractivity contribution in [1.29, 1.82) is 0 Å². The largest absolute Gasteiger partial charge is 0.355 e. The van der Waals surface area contributed by atoms with E-state index in [2.05, 4.69) is 10.6 Å². The van der Waals surface area contributed by atoms with E-state index in [-0.39, 0.29) is 22.7 Å². The second-order valence-electron chi connectivity index (χ2n) is 4.20. The molecule has 2 amide bonds. The lowest BCUT2D eigenvalue weighted by molar-refractivity contribution is 0.0964. The summed E-state index contributed by atoms with van der Waals surface area (Å²) in [7, 11) is 1.46. The standard InChI is InChI=1S/C15H12F2N2O2/c1-18-14(20)11-4-2-3-5-13(11)19-15(21)10-7-6-9(16)8-12(10)17/h2-8H,1H3,(H,18,20)(H,19,21). The number of carbonyl (C=O) groups is 2. The second-order valence-corrected chi connectivity index (χ2v) is 4.20. The molecule has 0 atom stereocenters. The maximum atomic E-state index is 13.5. The molecule has 0 aliphatic carbocycles. The Kier molecular flexibility index (Phi) is 4.27. The summed E-state index contributed by atoms with van der Waals surface area (Å²) in [6.07, 6.45) is 0. The van der Waals surface area contributed by atoms with E-state index in [1.165, 1.54) is 19.2 Å². The van der Waals surface area contributed by atoms with Gasteiger partial charge in [0, 0.05) is 13.1 Å². The third-order valence-corrected chi connectivity index (χ3v) is 2.82. The Hall–Kier alpha value is -2.76. The van der Waals surface area contributed by atoms with E-state index in [1.807, 2.05) is 0 Å². The molecule has 0 bridgehead atoms. The van der Waals surface area contributed by atoms with Crippen LogP contribution in [0.2, 0.25) is 0 Å². The van der Waals surface area contributed by atoms with Gasteiger partial charge >= 0.3 is 0 Å². The van der Waals surface area contributed by atoms with Crippen LogP contribution in [-0.4, -0.2) is 18.9 Å². The highest BCUT2D eigenvalue weighted by molar-refractivity contribution is 6.09. The first-order valence-electron chi connectivity index (χ1n) is 6.10. The predicted molar refractivity (Wildman–Crippen MR) is 74.1 cm³/mol. The summed E-state index contributed by atoms with van der Waals surface area (Å²) in [5.74, 6) is -2.88. The molecule has 0 saturated carbocycles. The van der Waals surface area contributed by atoms with E-state index in [1.54, 1.807) is 12.1 Å². The van der Waals surface area contributed by atoms with Crippen molar-refractivity contribution in [2.75, 3.05) is 12.4 Å². The van der Waals surface area contributed by atoms with Crippen LogP contribution in [0.3, 0.4) is 0 Å². The third-order valence-electron chi connectivity index (χ3n) is 2.82. The van der Waals surface area contributed by atoms with E-state index in [0.717, 1.165) is 12.1 Å². The highest BCUT2D eigenvalue weighted by atomic mass is 19.1. The highest BCUT2D eigenvalue weighted by Crippen LogP contribution is 2.17. The van der Waals surface area contributed by atoms with Crippen molar-refractivity contribution in [3.8, 4) is 0 Å². The Balaban J connectivity index is 2.30. The fraction of sp³-hybridized carbons (Fsp3) is 0.0667. The quantitative estimate of drug-likeness (QED) is 0.912. The van der Waals surface area contributed by atoms with E-state index in [9.17, 15) is 18.4 Å². The first-order valence-corrected chi connectivity index (χ1v) is 6.10. The summed E-state index contributed by atoms with van der Waals surface area (Å²) in [4.78, 5) is 23.7. The van der Waals surface area contributed by atoms with Crippen LogP contribution in [0.5, 0.6) is 0 Å². The Labute approximate surface area is 119 Å². The maximum Gasteiger partial charge on any atom is 0.258 e. The molecule has 0 radical (unpaired) electrons. The normalized spacial score (nSPS) is 10.0. The average molecular weight is 290 g/mol. The first kappa shape index (κ1) is 14.6.